The van der Waals surface area contributed by atoms with E-state index in [0.717, 1.165) is 17.4 Å². The molecule has 2 aliphatic rings. The third-order valence-electron chi connectivity index (χ3n) is 6.21. The van der Waals surface area contributed by atoms with Crippen LogP contribution in [-0.2, 0) is 11.3 Å². The van der Waals surface area contributed by atoms with Gasteiger partial charge in [-0.05, 0) is 37.7 Å². The second kappa shape index (κ2) is 9.55. The van der Waals surface area contributed by atoms with Crippen molar-refractivity contribution >= 4 is 23.5 Å². The van der Waals surface area contributed by atoms with Gasteiger partial charge >= 0.3 is 0 Å². The van der Waals surface area contributed by atoms with Crippen LogP contribution in [0.2, 0.25) is 0 Å². The Morgan fingerprint density at radius 3 is 2.50 bits per heavy atom. The van der Waals surface area contributed by atoms with Crippen LogP contribution >= 0.6 is 0 Å². The molecule has 0 spiro atoms. The normalized spacial score (nSPS) is 17.4. The molecular weight excluding hydrogens is 448 g/mol. The highest BCUT2D eigenvalue weighted by Crippen LogP contribution is 2.26. The molecule has 184 valence electrons. The van der Waals surface area contributed by atoms with E-state index < -0.39 is 29.7 Å². The molecule has 0 bridgehead atoms. The van der Waals surface area contributed by atoms with Gasteiger partial charge in [0.2, 0.25) is 18.2 Å². The topological polar surface area (TPSA) is 109 Å². The third-order valence-corrected chi connectivity index (χ3v) is 6.21. The van der Waals surface area contributed by atoms with Crippen LogP contribution < -0.4 is 10.9 Å². The number of alkyl halides is 2. The van der Waals surface area contributed by atoms with Crippen LogP contribution in [0, 0.1) is 11.8 Å². The van der Waals surface area contributed by atoms with Gasteiger partial charge in [-0.1, -0.05) is 13.8 Å². The number of piperidine rings is 1. The van der Waals surface area contributed by atoms with Crippen molar-refractivity contribution in [1.82, 2.24) is 24.4 Å². The Kier molecular flexibility index (Phi) is 6.72. The van der Waals surface area contributed by atoms with Gasteiger partial charge in [-0.15, -0.1) is 0 Å². The van der Waals surface area contributed by atoms with Crippen molar-refractivity contribution in [1.29, 1.82) is 0 Å². The predicted molar refractivity (Wildman–Crippen MR) is 121 cm³/mol. The Morgan fingerprint density at radius 2 is 1.91 bits per heavy atom. The zero-order valence-electron chi connectivity index (χ0n) is 19.2. The monoisotopic (exact) mass is 477 g/mol. The fourth-order valence-electron chi connectivity index (χ4n) is 4.19. The lowest BCUT2D eigenvalue weighted by molar-refractivity contribution is -0.128. The number of nitrogens with zero attached hydrogens (tertiary/aromatic N) is 4. The largest absolute Gasteiger partial charge is 0.494 e. The number of aromatic nitrogens is 3. The minimum Gasteiger partial charge on any atom is -0.494 e. The lowest BCUT2D eigenvalue weighted by Crippen LogP contribution is -2.39. The number of hydrogen-bond donors (Lipinski definition) is 2. The summed E-state index contributed by atoms with van der Waals surface area (Å²) in [4.78, 5) is 39.8. The molecule has 1 aliphatic heterocycles. The number of halogens is 2. The fraction of sp³-hybridized carbons (Fsp3) is 0.565. The van der Waals surface area contributed by atoms with E-state index >= 15 is 0 Å². The van der Waals surface area contributed by atoms with Crippen LogP contribution in [-0.4, -0.2) is 61.6 Å². The number of aromatic hydroxyl groups is 1. The molecule has 2 aromatic heterocycles. The first kappa shape index (κ1) is 23.9. The highest BCUT2D eigenvalue weighted by molar-refractivity contribution is 5.97. The van der Waals surface area contributed by atoms with Crippen LogP contribution in [0.15, 0.2) is 17.1 Å². The summed E-state index contributed by atoms with van der Waals surface area (Å²) in [7, 11) is 0. The Bertz CT molecular complexity index is 1170. The molecule has 1 saturated heterocycles. The van der Waals surface area contributed by atoms with E-state index in [0.29, 0.717) is 12.1 Å². The summed E-state index contributed by atoms with van der Waals surface area (Å²) in [5.41, 5.74) is -0.431. The van der Waals surface area contributed by atoms with Crippen molar-refractivity contribution < 1.29 is 23.5 Å². The van der Waals surface area contributed by atoms with Gasteiger partial charge in [0.25, 0.3) is 11.5 Å². The maximum absolute atomic E-state index is 13.0. The minimum absolute atomic E-state index is 0.00781. The van der Waals surface area contributed by atoms with Gasteiger partial charge in [0.15, 0.2) is 5.56 Å². The van der Waals surface area contributed by atoms with E-state index in [9.17, 15) is 28.3 Å². The maximum Gasteiger partial charge on any atom is 0.291 e. The summed E-state index contributed by atoms with van der Waals surface area (Å²) >= 11 is 0. The van der Waals surface area contributed by atoms with E-state index in [4.69, 9.17) is 0 Å². The summed E-state index contributed by atoms with van der Waals surface area (Å²) in [6.45, 7) is 4.67. The van der Waals surface area contributed by atoms with Gasteiger partial charge in [-0.3, -0.25) is 19.0 Å². The van der Waals surface area contributed by atoms with Gasteiger partial charge in [-0.25, -0.2) is 8.78 Å². The Balaban J connectivity index is 1.65. The Labute approximate surface area is 195 Å². The number of carbonyl (C=O) groups is 2. The van der Waals surface area contributed by atoms with Crippen LogP contribution in [0.5, 0.6) is 5.88 Å². The number of amides is 2. The van der Waals surface area contributed by atoms with E-state index in [-0.39, 0.29) is 55.0 Å². The number of nitrogens with one attached hydrogen (secondary N) is 1. The zero-order chi connectivity index (χ0) is 24.6. The second-order valence-corrected chi connectivity index (χ2v) is 9.42. The number of rotatable bonds is 7. The lowest BCUT2D eigenvalue weighted by Gasteiger charge is -2.30. The highest BCUT2D eigenvalue weighted by atomic mass is 19.3. The molecule has 4 rings (SSSR count). The summed E-state index contributed by atoms with van der Waals surface area (Å²) < 4.78 is 28.3. The average Bonchev–Trinajstić information content (AvgIpc) is 3.50. The van der Waals surface area contributed by atoms with E-state index in [2.05, 4.69) is 10.4 Å². The van der Waals surface area contributed by atoms with E-state index in [1.165, 1.54) is 27.8 Å². The molecule has 0 unspecified atom stereocenters. The van der Waals surface area contributed by atoms with Crippen molar-refractivity contribution in [2.75, 3.05) is 13.1 Å². The lowest BCUT2D eigenvalue weighted by atomic mass is 9.97. The molecule has 34 heavy (non-hydrogen) atoms. The molecule has 2 N–H and O–H groups in total. The smallest absolute Gasteiger partial charge is 0.291 e. The van der Waals surface area contributed by atoms with E-state index in [1.807, 2.05) is 13.8 Å². The fourth-order valence-corrected chi connectivity index (χ4v) is 4.19. The molecule has 11 heteroatoms. The van der Waals surface area contributed by atoms with Crippen molar-refractivity contribution in [3.63, 3.8) is 0 Å². The molecule has 1 aliphatic carbocycles. The standard InChI is InChI=1S/C23H29F2N5O4/c1-13(2)12-29-21-15(3-6-17(31)28-9-7-14(8-10-28)19(24)25)11-26-30(21)23(34)18(22(29)33)20(32)27-16-4-5-16/h3,6,11,13-14,16,19,33H,4-5,7-10,12H2,1-2H3,(H,27,32)/b6-3+. The predicted octanol–water partition coefficient (Wildman–Crippen LogP) is 2.27. The van der Waals surface area contributed by atoms with Crippen LogP contribution in [0.1, 0.15) is 55.5 Å². The van der Waals surface area contributed by atoms with Gasteiger partial charge in [-0.2, -0.15) is 9.61 Å². The number of carbonyl (C=O) groups excluding carboxylic acids is 2. The SMILES string of the molecule is CC(C)Cn1c(O)c(C(=O)NC2CC2)c(=O)n2ncc(/C=C/C(=O)N3CCC(C(F)F)CC3)c12. The van der Waals surface area contributed by atoms with E-state index in [1.54, 1.807) is 0 Å². The molecular formula is C23H29F2N5O4. The number of fused-ring (bicyclic) bond motifs is 1. The van der Waals surface area contributed by atoms with Crippen LogP contribution in [0.25, 0.3) is 11.7 Å². The first-order valence-electron chi connectivity index (χ1n) is 11.6. The number of likely N-dealkylation sites (tertiary alicyclic amines) is 1. The third kappa shape index (κ3) is 4.83. The summed E-state index contributed by atoms with van der Waals surface area (Å²) in [5, 5.41) is 17.8. The average molecular weight is 478 g/mol. The molecule has 1 saturated carbocycles. The second-order valence-electron chi connectivity index (χ2n) is 9.42. The molecule has 2 aromatic rings. The van der Waals surface area contributed by atoms with Crippen molar-refractivity contribution in [2.24, 2.45) is 11.8 Å². The Hall–Kier alpha value is -3.24. The highest BCUT2D eigenvalue weighted by Gasteiger charge is 2.30. The summed E-state index contributed by atoms with van der Waals surface area (Å²) in [6.07, 6.45) is 3.98. The summed E-state index contributed by atoms with van der Waals surface area (Å²) in [6, 6.07) is 0.00781. The van der Waals surface area contributed by atoms with Gasteiger partial charge in [0.05, 0.1) is 6.20 Å². The van der Waals surface area contributed by atoms with Crippen LogP contribution in [0.3, 0.4) is 0 Å². The molecule has 0 atom stereocenters. The minimum atomic E-state index is -2.38. The quantitative estimate of drug-likeness (QED) is 0.595. The van der Waals surface area contributed by atoms with Gasteiger partial charge < -0.3 is 15.3 Å². The molecule has 2 amide bonds. The number of hydrogen-bond acceptors (Lipinski definition) is 5. The van der Waals surface area contributed by atoms with Crippen molar-refractivity contribution in [3.05, 3.63) is 33.8 Å². The summed E-state index contributed by atoms with van der Waals surface area (Å²) in [5.74, 6) is -2.03. The zero-order valence-corrected chi connectivity index (χ0v) is 19.2. The maximum atomic E-state index is 13.0. The molecule has 9 nitrogen and oxygen atoms in total. The van der Waals surface area contributed by atoms with Crippen molar-refractivity contribution in [2.45, 2.75) is 58.5 Å². The first-order valence-corrected chi connectivity index (χ1v) is 11.6. The molecule has 0 radical (unpaired) electrons. The molecule has 0 aromatic carbocycles. The Morgan fingerprint density at radius 1 is 1.24 bits per heavy atom. The molecule has 2 fully saturated rings. The van der Waals surface area contributed by atoms with Gasteiger partial charge in [0.1, 0.15) is 5.65 Å². The van der Waals surface area contributed by atoms with Gasteiger partial charge in [0, 0.05) is 43.2 Å². The van der Waals surface area contributed by atoms with Crippen LogP contribution in [0.4, 0.5) is 8.78 Å². The first-order chi connectivity index (χ1) is 16.2. The van der Waals surface area contributed by atoms with Crippen molar-refractivity contribution in [3.8, 4) is 5.88 Å². The molecule has 3 heterocycles.